The summed E-state index contributed by atoms with van der Waals surface area (Å²) in [6, 6.07) is 11.0. The first kappa shape index (κ1) is 16.5. The highest BCUT2D eigenvalue weighted by molar-refractivity contribution is 9.10. The molecule has 4 rings (SSSR count). The largest absolute Gasteiger partial charge is 0.328 e. The number of anilines is 2. The van der Waals surface area contributed by atoms with Crippen molar-refractivity contribution >= 4 is 33.5 Å². The minimum absolute atomic E-state index is 0.214. The molecule has 0 aliphatic carbocycles. The van der Waals surface area contributed by atoms with Crippen LogP contribution in [0.3, 0.4) is 0 Å². The van der Waals surface area contributed by atoms with Crippen LogP contribution in [0.4, 0.5) is 11.6 Å². The lowest BCUT2D eigenvalue weighted by Gasteiger charge is -2.28. The number of benzene rings is 1. The number of carbonyl (C=O) groups is 1. The fraction of sp³-hybridized carbons (Fsp3) is 0.111. The van der Waals surface area contributed by atoms with Crippen LogP contribution < -0.4 is 10.6 Å². The molecule has 0 spiro atoms. The fourth-order valence-electron chi connectivity index (χ4n) is 3.01. The highest BCUT2D eigenvalue weighted by atomic mass is 79.9. The van der Waals surface area contributed by atoms with Crippen LogP contribution in [0, 0.1) is 0 Å². The molecule has 1 aromatic carbocycles. The topological polar surface area (TPSA) is 84.7 Å². The van der Waals surface area contributed by atoms with Gasteiger partial charge in [-0.2, -0.15) is 10.1 Å². The molecule has 8 heteroatoms. The zero-order chi connectivity index (χ0) is 18.1. The van der Waals surface area contributed by atoms with Crippen LogP contribution in [-0.2, 0) is 4.79 Å². The molecule has 1 atom stereocenters. The van der Waals surface area contributed by atoms with Gasteiger partial charge in [-0.25, -0.2) is 4.68 Å². The summed E-state index contributed by atoms with van der Waals surface area (Å²) < 4.78 is 2.65. The van der Waals surface area contributed by atoms with Gasteiger partial charge in [-0.1, -0.05) is 28.1 Å². The molecular formula is C18H15BrN6O. The second-order valence-electron chi connectivity index (χ2n) is 5.85. The molecule has 26 heavy (non-hydrogen) atoms. The summed E-state index contributed by atoms with van der Waals surface area (Å²) in [7, 11) is 0. The number of carbonyl (C=O) groups excluding carboxylic acids is 1. The molecule has 1 aliphatic heterocycles. The van der Waals surface area contributed by atoms with E-state index in [1.807, 2.05) is 31.2 Å². The minimum Gasteiger partial charge on any atom is -0.328 e. The Morgan fingerprint density at radius 3 is 2.96 bits per heavy atom. The Hall–Kier alpha value is -3.00. The van der Waals surface area contributed by atoms with Crippen LogP contribution in [0.15, 0.2) is 70.9 Å². The van der Waals surface area contributed by atoms with Gasteiger partial charge in [0.25, 0.3) is 5.91 Å². The van der Waals surface area contributed by atoms with Gasteiger partial charge in [-0.3, -0.25) is 9.78 Å². The number of nitrogens with zero attached hydrogens (tertiary/aromatic N) is 4. The lowest BCUT2D eigenvalue weighted by Crippen LogP contribution is -2.31. The van der Waals surface area contributed by atoms with Crippen molar-refractivity contribution in [2.24, 2.45) is 0 Å². The predicted octanol–water partition coefficient (Wildman–Crippen LogP) is 3.36. The average Bonchev–Trinajstić information content (AvgIpc) is 3.09. The summed E-state index contributed by atoms with van der Waals surface area (Å²) in [5.74, 6) is 0.388. The Labute approximate surface area is 158 Å². The molecule has 2 N–H and O–H groups in total. The van der Waals surface area contributed by atoms with E-state index in [0.717, 1.165) is 15.7 Å². The van der Waals surface area contributed by atoms with Crippen molar-refractivity contribution in [2.45, 2.75) is 13.0 Å². The van der Waals surface area contributed by atoms with E-state index < -0.39 is 0 Å². The summed E-state index contributed by atoms with van der Waals surface area (Å²) >= 11 is 3.50. The molecule has 0 saturated heterocycles. The molecule has 3 aromatic rings. The van der Waals surface area contributed by atoms with Gasteiger partial charge in [0.2, 0.25) is 5.95 Å². The number of fused-ring (bicyclic) bond motifs is 1. The van der Waals surface area contributed by atoms with Crippen LogP contribution in [0.25, 0.3) is 0 Å². The number of allylic oxidation sites excluding steroid dienone is 1. The van der Waals surface area contributed by atoms with Gasteiger partial charge < -0.3 is 10.6 Å². The molecule has 0 radical (unpaired) electrons. The maximum absolute atomic E-state index is 13.1. The average molecular weight is 411 g/mol. The second kappa shape index (κ2) is 6.72. The maximum Gasteiger partial charge on any atom is 0.255 e. The van der Waals surface area contributed by atoms with E-state index in [2.05, 4.69) is 41.6 Å². The smallest absolute Gasteiger partial charge is 0.255 e. The molecule has 2 aromatic heterocycles. The Kier molecular flexibility index (Phi) is 4.26. The van der Waals surface area contributed by atoms with E-state index in [0.29, 0.717) is 17.2 Å². The first-order chi connectivity index (χ1) is 12.6. The van der Waals surface area contributed by atoms with Crippen LogP contribution >= 0.6 is 15.9 Å². The molecule has 7 nitrogen and oxygen atoms in total. The summed E-state index contributed by atoms with van der Waals surface area (Å²) in [4.78, 5) is 21.3. The van der Waals surface area contributed by atoms with Crippen molar-refractivity contribution in [1.29, 1.82) is 0 Å². The quantitative estimate of drug-likeness (QED) is 0.691. The second-order valence-corrected chi connectivity index (χ2v) is 6.76. The molecule has 0 saturated carbocycles. The molecule has 0 fully saturated rings. The van der Waals surface area contributed by atoms with Crippen molar-refractivity contribution in [3.63, 3.8) is 0 Å². The lowest BCUT2D eigenvalue weighted by molar-refractivity contribution is -0.113. The minimum atomic E-state index is -0.386. The lowest BCUT2D eigenvalue weighted by atomic mass is 9.95. The first-order valence-corrected chi connectivity index (χ1v) is 8.77. The predicted molar refractivity (Wildman–Crippen MR) is 101 cm³/mol. The van der Waals surface area contributed by atoms with Gasteiger partial charge in [0.1, 0.15) is 12.4 Å². The molecule has 0 bridgehead atoms. The standard InChI is InChI=1S/C18H15BrN6O/c1-11-15(17(26)24-14-6-3-7-20-9-14)16(12-4-2-5-13(19)8-12)25-18(23-11)21-10-22-25/h2-10,16H,1H3,(H,24,26)(H,21,22,23)/t16-/m1/s1. The summed E-state index contributed by atoms with van der Waals surface area (Å²) in [6.07, 6.45) is 4.75. The van der Waals surface area contributed by atoms with Crippen molar-refractivity contribution in [1.82, 2.24) is 19.7 Å². The van der Waals surface area contributed by atoms with E-state index in [9.17, 15) is 4.79 Å². The Bertz CT molecular complexity index is 998. The SMILES string of the molecule is CC1=C(C(=O)Nc2cccnc2)[C@@H](c2cccc(Br)c2)n2ncnc2N1. The molecular weight excluding hydrogens is 396 g/mol. The number of halogens is 1. The number of hydrogen-bond donors (Lipinski definition) is 2. The number of hydrogen-bond acceptors (Lipinski definition) is 5. The van der Waals surface area contributed by atoms with Crippen LogP contribution in [-0.4, -0.2) is 25.7 Å². The summed E-state index contributed by atoms with van der Waals surface area (Å²) in [6.45, 7) is 1.86. The van der Waals surface area contributed by atoms with Crippen LogP contribution in [0.5, 0.6) is 0 Å². The number of pyridine rings is 1. The van der Waals surface area contributed by atoms with Crippen molar-refractivity contribution in [3.8, 4) is 0 Å². The number of aromatic nitrogens is 4. The molecule has 1 aliphatic rings. The first-order valence-electron chi connectivity index (χ1n) is 7.97. The van der Waals surface area contributed by atoms with Gasteiger partial charge in [0, 0.05) is 16.4 Å². The van der Waals surface area contributed by atoms with E-state index in [1.54, 1.807) is 29.2 Å². The monoisotopic (exact) mass is 410 g/mol. The molecule has 1 amide bonds. The maximum atomic E-state index is 13.1. The zero-order valence-electron chi connectivity index (χ0n) is 13.8. The highest BCUT2D eigenvalue weighted by Gasteiger charge is 2.33. The van der Waals surface area contributed by atoms with E-state index in [1.165, 1.54) is 6.33 Å². The Balaban J connectivity index is 1.78. The van der Waals surface area contributed by atoms with Crippen molar-refractivity contribution in [3.05, 3.63) is 76.4 Å². The Morgan fingerprint density at radius 1 is 1.31 bits per heavy atom. The third-order valence-corrected chi connectivity index (χ3v) is 4.62. The summed E-state index contributed by atoms with van der Waals surface area (Å²) in [5, 5.41) is 10.4. The van der Waals surface area contributed by atoms with Gasteiger partial charge in [0.15, 0.2) is 0 Å². The van der Waals surface area contributed by atoms with Gasteiger partial charge in [-0.15, -0.1) is 0 Å². The van der Waals surface area contributed by atoms with Crippen molar-refractivity contribution < 1.29 is 4.79 Å². The Morgan fingerprint density at radius 2 is 2.19 bits per heavy atom. The van der Waals surface area contributed by atoms with Crippen LogP contribution in [0.1, 0.15) is 18.5 Å². The number of nitrogens with one attached hydrogen (secondary N) is 2. The van der Waals surface area contributed by atoms with Gasteiger partial charge >= 0.3 is 0 Å². The van der Waals surface area contributed by atoms with Crippen LogP contribution in [0.2, 0.25) is 0 Å². The highest BCUT2D eigenvalue weighted by Crippen LogP contribution is 2.35. The summed E-state index contributed by atoms with van der Waals surface area (Å²) in [5.41, 5.74) is 2.88. The number of amides is 1. The normalized spacial score (nSPS) is 16.0. The fourth-order valence-corrected chi connectivity index (χ4v) is 3.42. The third kappa shape index (κ3) is 2.99. The van der Waals surface area contributed by atoms with E-state index in [-0.39, 0.29) is 11.9 Å². The third-order valence-electron chi connectivity index (χ3n) is 4.12. The van der Waals surface area contributed by atoms with Gasteiger partial charge in [0.05, 0.1) is 17.5 Å². The molecule has 0 unspecified atom stereocenters. The van der Waals surface area contributed by atoms with Gasteiger partial charge in [-0.05, 0) is 36.8 Å². The molecule has 130 valence electrons. The zero-order valence-corrected chi connectivity index (χ0v) is 15.4. The van der Waals surface area contributed by atoms with E-state index >= 15 is 0 Å². The number of rotatable bonds is 3. The van der Waals surface area contributed by atoms with Crippen molar-refractivity contribution in [2.75, 3.05) is 10.6 Å². The molecule has 3 heterocycles. The van der Waals surface area contributed by atoms with E-state index in [4.69, 9.17) is 0 Å².